The maximum absolute atomic E-state index is 12.7. The van der Waals surface area contributed by atoms with E-state index >= 15 is 0 Å². The fraction of sp³-hybridized carbons (Fsp3) is 0.158. The number of hydrogen-bond acceptors (Lipinski definition) is 3. The van der Waals surface area contributed by atoms with E-state index in [4.69, 9.17) is 21.6 Å². The van der Waals surface area contributed by atoms with Gasteiger partial charge in [0, 0.05) is 17.6 Å². The molecule has 0 unspecified atom stereocenters. The predicted molar refractivity (Wildman–Crippen MR) is 94.9 cm³/mol. The number of hydrogen-bond donors (Lipinski definition) is 1. The summed E-state index contributed by atoms with van der Waals surface area (Å²) in [6, 6.07) is 11.6. The number of nitriles is 1. The molecule has 0 bridgehead atoms. The topological polar surface area (TPSA) is 62.1 Å². The van der Waals surface area contributed by atoms with Crippen LogP contribution in [-0.4, -0.2) is 12.5 Å². The van der Waals surface area contributed by atoms with Crippen molar-refractivity contribution in [2.75, 3.05) is 6.61 Å². The van der Waals surface area contributed by atoms with Crippen molar-refractivity contribution in [3.63, 3.8) is 0 Å². The summed E-state index contributed by atoms with van der Waals surface area (Å²) in [5.74, 6) is 0.00131. The summed E-state index contributed by atoms with van der Waals surface area (Å²) < 4.78 is 43.4. The van der Waals surface area contributed by atoms with Gasteiger partial charge < -0.3 is 10.1 Å². The van der Waals surface area contributed by atoms with Crippen LogP contribution in [0.5, 0.6) is 5.75 Å². The number of nitrogens with one attached hydrogen (secondary N) is 1. The quantitative estimate of drug-likeness (QED) is 0.729. The summed E-state index contributed by atoms with van der Waals surface area (Å²) in [6.07, 6.45) is -2.16. The van der Waals surface area contributed by atoms with Gasteiger partial charge in [-0.05, 0) is 47.5 Å². The molecule has 0 heterocycles. The first-order valence-corrected chi connectivity index (χ1v) is 8.09. The minimum absolute atomic E-state index is 0.0870. The molecule has 0 spiro atoms. The Balaban J connectivity index is 1.99. The Bertz CT molecular complexity index is 889. The highest BCUT2D eigenvalue weighted by molar-refractivity contribution is 6.32. The van der Waals surface area contributed by atoms with E-state index in [1.54, 1.807) is 24.3 Å². The normalized spacial score (nSPS) is 11.2. The van der Waals surface area contributed by atoms with Gasteiger partial charge in [0.05, 0.1) is 5.56 Å². The van der Waals surface area contributed by atoms with Crippen LogP contribution in [0.1, 0.15) is 16.7 Å². The maximum atomic E-state index is 12.7. The highest BCUT2D eigenvalue weighted by atomic mass is 35.5. The Morgan fingerprint density at radius 3 is 2.74 bits per heavy atom. The average Bonchev–Trinajstić information content (AvgIpc) is 2.63. The number of alkyl halides is 3. The second-order valence-electron chi connectivity index (χ2n) is 5.38. The van der Waals surface area contributed by atoms with Crippen LogP contribution in [0.15, 0.2) is 48.5 Å². The molecular weight excluding hydrogens is 381 g/mol. The molecule has 140 valence electrons. The van der Waals surface area contributed by atoms with Crippen molar-refractivity contribution in [1.82, 2.24) is 5.32 Å². The van der Waals surface area contributed by atoms with Crippen molar-refractivity contribution in [2.45, 2.75) is 12.7 Å². The minimum Gasteiger partial charge on any atom is -0.479 e. The minimum atomic E-state index is -4.49. The van der Waals surface area contributed by atoms with Gasteiger partial charge in [-0.3, -0.25) is 4.79 Å². The average molecular weight is 395 g/mol. The van der Waals surface area contributed by atoms with E-state index in [1.165, 1.54) is 6.08 Å². The lowest BCUT2D eigenvalue weighted by Gasteiger charge is -2.08. The highest BCUT2D eigenvalue weighted by Crippen LogP contribution is 2.32. The van der Waals surface area contributed by atoms with E-state index < -0.39 is 17.6 Å². The molecule has 4 nitrogen and oxygen atoms in total. The molecule has 0 radical (unpaired) electrons. The first-order chi connectivity index (χ1) is 12.8. The van der Waals surface area contributed by atoms with Crippen molar-refractivity contribution >= 4 is 23.6 Å². The van der Waals surface area contributed by atoms with E-state index in [9.17, 15) is 18.0 Å². The van der Waals surface area contributed by atoms with Gasteiger partial charge in [-0.1, -0.05) is 23.7 Å². The van der Waals surface area contributed by atoms with Crippen molar-refractivity contribution < 1.29 is 22.7 Å². The van der Waals surface area contributed by atoms with Crippen LogP contribution in [0.4, 0.5) is 13.2 Å². The molecule has 2 aromatic carbocycles. The lowest BCUT2D eigenvalue weighted by atomic mass is 10.1. The Labute approximate surface area is 158 Å². The number of halogens is 4. The highest BCUT2D eigenvalue weighted by Gasteiger charge is 2.30. The maximum Gasteiger partial charge on any atom is 0.416 e. The third-order valence-corrected chi connectivity index (χ3v) is 3.75. The number of rotatable bonds is 6. The van der Waals surface area contributed by atoms with E-state index in [2.05, 4.69) is 5.32 Å². The molecule has 0 saturated carbocycles. The van der Waals surface area contributed by atoms with Crippen molar-refractivity contribution in [3.8, 4) is 11.8 Å². The number of amides is 1. The Morgan fingerprint density at radius 1 is 1.26 bits per heavy atom. The summed E-state index contributed by atoms with van der Waals surface area (Å²) in [5.41, 5.74) is -0.0148. The van der Waals surface area contributed by atoms with Crippen molar-refractivity contribution in [2.24, 2.45) is 0 Å². The van der Waals surface area contributed by atoms with E-state index in [0.717, 1.165) is 29.8 Å². The van der Waals surface area contributed by atoms with Crippen LogP contribution in [0, 0.1) is 11.3 Å². The molecule has 2 rings (SSSR count). The molecule has 0 aromatic heterocycles. The van der Waals surface area contributed by atoms with Crippen LogP contribution >= 0.6 is 11.6 Å². The smallest absolute Gasteiger partial charge is 0.416 e. The van der Waals surface area contributed by atoms with Crippen LogP contribution in [0.2, 0.25) is 5.02 Å². The van der Waals surface area contributed by atoms with E-state index in [1.807, 2.05) is 6.07 Å². The number of nitrogens with zero attached hydrogens (tertiary/aromatic N) is 1. The summed E-state index contributed by atoms with van der Waals surface area (Å²) in [6.45, 7) is 0.0968. The molecule has 1 N–H and O–H groups in total. The Kier molecular flexibility index (Phi) is 6.85. The second kappa shape index (κ2) is 9.10. The molecule has 27 heavy (non-hydrogen) atoms. The van der Waals surface area contributed by atoms with E-state index in [-0.39, 0.29) is 23.7 Å². The summed E-state index contributed by atoms with van der Waals surface area (Å²) in [7, 11) is 0. The number of benzene rings is 2. The molecule has 0 aliphatic heterocycles. The standard InChI is InChI=1S/C19H14ClF3N2O2/c20-17-6-5-15(19(21,22)23)11-14(17)4-7-18(26)25-12-13-2-1-3-16(10-13)27-9-8-24/h1-7,10-11H,9,12H2,(H,25,26)/b7-4+. The fourth-order valence-corrected chi connectivity index (χ4v) is 2.30. The number of carbonyl (C=O) groups excluding carboxylic acids is 1. The molecular formula is C19H14ClF3N2O2. The molecule has 0 aliphatic carbocycles. The molecule has 0 saturated heterocycles. The van der Waals surface area contributed by atoms with Gasteiger partial charge >= 0.3 is 6.18 Å². The Morgan fingerprint density at radius 2 is 2.04 bits per heavy atom. The largest absolute Gasteiger partial charge is 0.479 e. The molecule has 0 atom stereocenters. The summed E-state index contributed by atoms with van der Waals surface area (Å²) in [5, 5.41) is 11.2. The third kappa shape index (κ3) is 6.35. The molecule has 1 amide bonds. The summed E-state index contributed by atoms with van der Waals surface area (Å²) >= 11 is 5.87. The zero-order chi connectivity index (χ0) is 19.9. The first kappa shape index (κ1) is 20.3. The van der Waals surface area contributed by atoms with Gasteiger partial charge in [0.1, 0.15) is 11.8 Å². The van der Waals surface area contributed by atoms with Gasteiger partial charge in [-0.25, -0.2) is 0 Å². The van der Waals surface area contributed by atoms with Crippen LogP contribution in [-0.2, 0) is 17.5 Å². The zero-order valence-corrected chi connectivity index (χ0v) is 14.6. The monoisotopic (exact) mass is 394 g/mol. The zero-order valence-electron chi connectivity index (χ0n) is 13.9. The third-order valence-electron chi connectivity index (χ3n) is 3.41. The fourth-order valence-electron chi connectivity index (χ4n) is 2.12. The van der Waals surface area contributed by atoms with Crippen LogP contribution < -0.4 is 10.1 Å². The Hall–Kier alpha value is -2.98. The molecule has 2 aromatic rings. The van der Waals surface area contributed by atoms with E-state index in [0.29, 0.717) is 5.75 Å². The SMILES string of the molecule is N#CCOc1cccc(CNC(=O)/C=C/c2cc(C(F)(F)F)ccc2Cl)c1. The van der Waals surface area contributed by atoms with Crippen molar-refractivity contribution in [3.05, 3.63) is 70.3 Å². The number of carbonyl (C=O) groups is 1. The van der Waals surface area contributed by atoms with Gasteiger partial charge in [-0.2, -0.15) is 18.4 Å². The lowest BCUT2D eigenvalue weighted by molar-refractivity contribution is -0.137. The van der Waals surface area contributed by atoms with Gasteiger partial charge in [0.2, 0.25) is 5.91 Å². The van der Waals surface area contributed by atoms with Gasteiger partial charge in [-0.15, -0.1) is 0 Å². The second-order valence-corrected chi connectivity index (χ2v) is 5.79. The predicted octanol–water partition coefficient (Wildman–Crippen LogP) is 4.59. The van der Waals surface area contributed by atoms with Gasteiger partial charge in [0.15, 0.2) is 6.61 Å². The molecule has 8 heteroatoms. The number of ether oxygens (including phenoxy) is 1. The van der Waals surface area contributed by atoms with Crippen molar-refractivity contribution in [1.29, 1.82) is 5.26 Å². The molecule has 0 aliphatic rings. The van der Waals surface area contributed by atoms with Crippen LogP contribution in [0.25, 0.3) is 6.08 Å². The first-order valence-electron chi connectivity index (χ1n) is 7.71. The van der Waals surface area contributed by atoms with Crippen LogP contribution in [0.3, 0.4) is 0 Å². The summed E-state index contributed by atoms with van der Waals surface area (Å²) in [4.78, 5) is 11.9. The lowest BCUT2D eigenvalue weighted by Crippen LogP contribution is -2.20. The van der Waals surface area contributed by atoms with Gasteiger partial charge in [0.25, 0.3) is 0 Å². The molecule has 0 fully saturated rings.